The Morgan fingerprint density at radius 3 is 2.34 bits per heavy atom. The molecule has 1 aliphatic carbocycles. The van der Waals surface area contributed by atoms with Crippen LogP contribution in [-0.4, -0.2) is 89.7 Å². The molecule has 3 aliphatic rings. The number of esters is 1. The Bertz CT molecular complexity index is 1240. The smallest absolute Gasteiger partial charge is 0.329 e. The number of rotatable bonds is 10. The molecule has 9 nitrogen and oxygen atoms in total. The molecule has 0 aromatic heterocycles. The summed E-state index contributed by atoms with van der Waals surface area (Å²) in [5.74, 6) is -0.939. The van der Waals surface area contributed by atoms with Gasteiger partial charge in [0, 0.05) is 19.2 Å². The predicted molar refractivity (Wildman–Crippen MR) is 171 cm³/mol. The zero-order chi connectivity index (χ0) is 32.1. The SMILES string of the molecule is C/C(=C\[C@H](C(C)C)N(C)C(=O)C(NC(=O)C1CCCCN1C)C(C)C)C(=O)N1CCCC1C(=O)OC1CCc2ccccc21. The minimum absolute atomic E-state index is 0.0152. The highest BCUT2D eigenvalue weighted by molar-refractivity contribution is 5.96. The van der Waals surface area contributed by atoms with Gasteiger partial charge in [0.2, 0.25) is 17.7 Å². The largest absolute Gasteiger partial charge is 0.456 e. The number of carbonyl (C=O) groups excluding carboxylic acids is 4. The number of hydrogen-bond donors (Lipinski definition) is 1. The molecule has 4 unspecified atom stereocenters. The molecule has 2 saturated heterocycles. The lowest BCUT2D eigenvalue weighted by Crippen LogP contribution is -2.57. The number of piperidine rings is 1. The fourth-order valence-electron chi connectivity index (χ4n) is 6.96. The number of nitrogens with one attached hydrogen (secondary N) is 1. The van der Waals surface area contributed by atoms with Crippen molar-refractivity contribution in [3.63, 3.8) is 0 Å². The third kappa shape index (κ3) is 7.53. The third-order valence-corrected chi connectivity index (χ3v) is 9.66. The topological polar surface area (TPSA) is 99.3 Å². The number of likely N-dealkylation sites (tertiary alicyclic amines) is 2. The summed E-state index contributed by atoms with van der Waals surface area (Å²) >= 11 is 0. The van der Waals surface area contributed by atoms with Gasteiger partial charge in [-0.05, 0) is 82.0 Å². The average Bonchev–Trinajstić information content (AvgIpc) is 3.65. The molecule has 2 fully saturated rings. The lowest BCUT2D eigenvalue weighted by molar-refractivity contribution is -0.157. The molecule has 3 amide bonds. The molecular formula is C35H52N4O5. The monoisotopic (exact) mass is 608 g/mol. The highest BCUT2D eigenvalue weighted by Gasteiger charge is 2.39. The first kappa shape index (κ1) is 33.7. The number of likely N-dealkylation sites (N-methyl/N-ethyl adjacent to an activating group) is 2. The number of aryl methyl sites for hydroxylation is 1. The van der Waals surface area contributed by atoms with Crippen LogP contribution in [0.4, 0.5) is 0 Å². The number of hydrogen-bond acceptors (Lipinski definition) is 6. The Hall–Kier alpha value is -3.20. The standard InChI is InChI=1S/C35H52N4O5/c1-22(2)29(38(7)34(42)31(23(3)4)36-32(40)27-15-10-11-19-37(27)6)21-24(5)33(41)39-20-12-16-28(39)35(43)44-30-18-17-25-13-8-9-14-26(25)30/h8-9,13-14,21-23,27-31H,10-12,15-20H2,1-7H3,(H,36,40)/b24-21+/t27?,28?,29-,30?,31?/m1/s1. The van der Waals surface area contributed by atoms with Crippen molar-refractivity contribution >= 4 is 23.7 Å². The molecule has 9 heteroatoms. The van der Waals surface area contributed by atoms with Gasteiger partial charge in [-0.1, -0.05) is 64.5 Å². The molecule has 2 heterocycles. The van der Waals surface area contributed by atoms with Crippen LogP contribution in [0.15, 0.2) is 35.9 Å². The lowest BCUT2D eigenvalue weighted by atomic mass is 9.96. The van der Waals surface area contributed by atoms with E-state index in [1.54, 1.807) is 23.8 Å². The highest BCUT2D eigenvalue weighted by atomic mass is 16.5. The maximum atomic E-state index is 13.8. The summed E-state index contributed by atoms with van der Waals surface area (Å²) in [7, 11) is 3.70. The number of nitrogens with zero attached hydrogens (tertiary/aromatic N) is 3. The van der Waals surface area contributed by atoms with Gasteiger partial charge in [-0.15, -0.1) is 0 Å². The van der Waals surface area contributed by atoms with E-state index >= 15 is 0 Å². The van der Waals surface area contributed by atoms with E-state index in [-0.39, 0.29) is 53.7 Å². The summed E-state index contributed by atoms with van der Waals surface area (Å²) in [6.45, 7) is 11.0. The summed E-state index contributed by atoms with van der Waals surface area (Å²) in [5, 5.41) is 3.05. The second-order valence-corrected chi connectivity index (χ2v) is 13.6. The quantitative estimate of drug-likeness (QED) is 0.315. The maximum absolute atomic E-state index is 13.8. The molecular weight excluding hydrogens is 556 g/mol. The predicted octanol–water partition coefficient (Wildman–Crippen LogP) is 4.26. The number of benzene rings is 1. The van der Waals surface area contributed by atoms with E-state index in [2.05, 4.69) is 16.3 Å². The molecule has 5 atom stereocenters. The minimum atomic E-state index is -0.674. The molecule has 0 bridgehead atoms. The van der Waals surface area contributed by atoms with Gasteiger partial charge in [0.1, 0.15) is 18.2 Å². The van der Waals surface area contributed by atoms with E-state index in [9.17, 15) is 19.2 Å². The van der Waals surface area contributed by atoms with E-state index < -0.39 is 12.1 Å². The first-order valence-electron chi connectivity index (χ1n) is 16.5. The Morgan fingerprint density at radius 2 is 1.66 bits per heavy atom. The zero-order valence-corrected chi connectivity index (χ0v) is 27.7. The zero-order valence-electron chi connectivity index (χ0n) is 27.7. The van der Waals surface area contributed by atoms with Crippen LogP contribution in [0.3, 0.4) is 0 Å². The molecule has 44 heavy (non-hydrogen) atoms. The molecule has 0 spiro atoms. The summed E-state index contributed by atoms with van der Waals surface area (Å²) in [6.07, 6.45) is 7.38. The van der Waals surface area contributed by atoms with Crippen LogP contribution in [-0.2, 0) is 30.3 Å². The minimum Gasteiger partial charge on any atom is -0.456 e. The fourth-order valence-corrected chi connectivity index (χ4v) is 6.96. The van der Waals surface area contributed by atoms with Crippen molar-refractivity contribution in [2.24, 2.45) is 11.8 Å². The molecule has 0 saturated carbocycles. The molecule has 0 radical (unpaired) electrons. The van der Waals surface area contributed by atoms with Crippen molar-refractivity contribution in [1.82, 2.24) is 20.0 Å². The lowest BCUT2D eigenvalue weighted by Gasteiger charge is -2.36. The summed E-state index contributed by atoms with van der Waals surface area (Å²) < 4.78 is 5.96. The van der Waals surface area contributed by atoms with E-state index in [4.69, 9.17) is 4.74 Å². The molecule has 2 aliphatic heterocycles. The Morgan fingerprint density at radius 1 is 0.955 bits per heavy atom. The normalized spacial score (nSPS) is 23.8. The summed E-state index contributed by atoms with van der Waals surface area (Å²) in [5.41, 5.74) is 2.76. The average molecular weight is 609 g/mol. The van der Waals surface area contributed by atoms with Gasteiger partial charge < -0.3 is 19.9 Å². The molecule has 242 valence electrons. The van der Waals surface area contributed by atoms with E-state index in [1.165, 1.54) is 5.56 Å². The van der Waals surface area contributed by atoms with Crippen LogP contribution in [0.2, 0.25) is 0 Å². The molecule has 1 aromatic rings. The van der Waals surface area contributed by atoms with E-state index in [0.717, 1.165) is 50.6 Å². The summed E-state index contributed by atoms with van der Waals surface area (Å²) in [6, 6.07) is 6.16. The van der Waals surface area contributed by atoms with Gasteiger partial charge in [-0.25, -0.2) is 4.79 Å². The fraction of sp³-hybridized carbons (Fsp3) is 0.657. The van der Waals surface area contributed by atoms with Crippen LogP contribution in [0.1, 0.15) is 90.4 Å². The van der Waals surface area contributed by atoms with Gasteiger partial charge in [0.15, 0.2) is 0 Å². The van der Waals surface area contributed by atoms with E-state index in [0.29, 0.717) is 18.5 Å². The van der Waals surface area contributed by atoms with Crippen LogP contribution in [0.25, 0.3) is 0 Å². The number of amides is 3. The van der Waals surface area contributed by atoms with Crippen LogP contribution >= 0.6 is 0 Å². The van der Waals surface area contributed by atoms with Gasteiger partial charge in [0.25, 0.3) is 0 Å². The van der Waals surface area contributed by atoms with Crippen molar-refractivity contribution < 1.29 is 23.9 Å². The maximum Gasteiger partial charge on any atom is 0.329 e. The van der Waals surface area contributed by atoms with Crippen molar-refractivity contribution in [2.75, 3.05) is 27.2 Å². The molecule has 4 rings (SSSR count). The van der Waals surface area contributed by atoms with Crippen molar-refractivity contribution in [1.29, 1.82) is 0 Å². The van der Waals surface area contributed by atoms with Crippen molar-refractivity contribution in [3.8, 4) is 0 Å². The van der Waals surface area contributed by atoms with E-state index in [1.807, 2.05) is 59.0 Å². The van der Waals surface area contributed by atoms with Gasteiger partial charge in [-0.2, -0.15) is 0 Å². The van der Waals surface area contributed by atoms with Crippen LogP contribution < -0.4 is 5.32 Å². The number of ether oxygens (including phenoxy) is 1. The Balaban J connectivity index is 1.44. The van der Waals surface area contributed by atoms with Gasteiger partial charge in [0.05, 0.1) is 12.1 Å². The van der Waals surface area contributed by atoms with Gasteiger partial charge in [-0.3, -0.25) is 19.3 Å². The van der Waals surface area contributed by atoms with Crippen LogP contribution in [0, 0.1) is 11.8 Å². The van der Waals surface area contributed by atoms with Gasteiger partial charge >= 0.3 is 5.97 Å². The Kier molecular flexibility index (Phi) is 11.3. The van der Waals surface area contributed by atoms with Crippen LogP contribution in [0.5, 0.6) is 0 Å². The second kappa shape index (κ2) is 14.7. The number of fused-ring (bicyclic) bond motifs is 1. The first-order chi connectivity index (χ1) is 20.9. The summed E-state index contributed by atoms with van der Waals surface area (Å²) in [4.78, 5) is 59.4. The molecule has 1 aromatic carbocycles. The second-order valence-electron chi connectivity index (χ2n) is 13.6. The molecule has 1 N–H and O–H groups in total. The Labute approximate surface area is 263 Å². The third-order valence-electron chi connectivity index (χ3n) is 9.66. The highest BCUT2D eigenvalue weighted by Crippen LogP contribution is 2.35. The number of carbonyl (C=O) groups is 4. The first-order valence-corrected chi connectivity index (χ1v) is 16.5. The van der Waals surface area contributed by atoms with Crippen molar-refractivity contribution in [3.05, 3.63) is 47.0 Å². The van der Waals surface area contributed by atoms with Crippen molar-refractivity contribution in [2.45, 2.75) is 110 Å².